The van der Waals surface area contributed by atoms with Gasteiger partial charge in [-0.2, -0.15) is 0 Å². The van der Waals surface area contributed by atoms with Crippen LogP contribution in [-0.4, -0.2) is 4.98 Å². The molecule has 0 saturated heterocycles. The normalized spacial score (nSPS) is 13.6. The van der Waals surface area contributed by atoms with Crippen molar-refractivity contribution >= 4 is 29.3 Å². The van der Waals surface area contributed by atoms with E-state index in [2.05, 4.69) is 11.1 Å². The summed E-state index contributed by atoms with van der Waals surface area (Å²) in [6.45, 7) is 0. The quantitative estimate of drug-likeness (QED) is 0.567. The van der Waals surface area contributed by atoms with Crippen LogP contribution in [-0.2, 0) is 6.42 Å². The van der Waals surface area contributed by atoms with E-state index in [1.54, 1.807) is 0 Å². The van der Waals surface area contributed by atoms with Crippen molar-refractivity contribution in [3.8, 4) is 0 Å². The maximum absolute atomic E-state index is 5.84. The molecule has 0 bridgehead atoms. The van der Waals surface area contributed by atoms with E-state index in [-0.39, 0.29) is 0 Å². The van der Waals surface area contributed by atoms with Crippen LogP contribution in [0, 0.1) is 0 Å². The molecule has 1 aromatic rings. The lowest BCUT2D eigenvalue weighted by molar-refractivity contribution is 1.21. The van der Waals surface area contributed by atoms with E-state index in [0.29, 0.717) is 10.3 Å². The number of hydrogen-bond acceptors (Lipinski definition) is 1. The molecule has 1 heterocycles. The van der Waals surface area contributed by atoms with E-state index in [9.17, 15) is 0 Å². The van der Waals surface area contributed by atoms with Gasteiger partial charge < -0.3 is 0 Å². The van der Waals surface area contributed by atoms with Crippen molar-refractivity contribution in [2.75, 3.05) is 0 Å². The largest absolute Gasteiger partial charge is 0.224 e. The van der Waals surface area contributed by atoms with Gasteiger partial charge in [0.1, 0.15) is 10.3 Å². The Morgan fingerprint density at radius 2 is 2.18 bits per heavy atom. The molecule has 11 heavy (non-hydrogen) atoms. The van der Waals surface area contributed by atoms with E-state index in [1.165, 1.54) is 0 Å². The van der Waals surface area contributed by atoms with Gasteiger partial charge >= 0.3 is 0 Å². The Labute approximate surface area is 74.7 Å². The third-order valence-corrected chi connectivity index (χ3v) is 2.20. The first-order valence-corrected chi connectivity index (χ1v) is 4.04. The molecule has 0 aliphatic heterocycles. The van der Waals surface area contributed by atoms with Crippen LogP contribution >= 0.6 is 23.2 Å². The lowest BCUT2D eigenvalue weighted by atomic mass is 10.2. The second-order valence-corrected chi connectivity index (χ2v) is 3.16. The minimum absolute atomic E-state index is 0.459. The molecule has 0 N–H and O–H groups in total. The zero-order valence-corrected chi connectivity index (χ0v) is 7.15. The fourth-order valence-corrected chi connectivity index (χ4v) is 1.71. The fourth-order valence-electron chi connectivity index (χ4n) is 1.18. The molecule has 0 atom stereocenters. The maximum Gasteiger partial charge on any atom is 0.134 e. The van der Waals surface area contributed by atoms with Gasteiger partial charge in [0.15, 0.2) is 0 Å². The number of aromatic nitrogens is 1. The number of fused-ring (bicyclic) bond motifs is 1. The molecule has 1 nitrogen and oxygen atoms in total. The lowest BCUT2D eigenvalue weighted by Gasteiger charge is -2.00. The highest BCUT2D eigenvalue weighted by Gasteiger charge is 2.10. The number of halogens is 2. The summed E-state index contributed by atoms with van der Waals surface area (Å²) in [5.74, 6) is 0. The van der Waals surface area contributed by atoms with Crippen molar-refractivity contribution < 1.29 is 0 Å². The SMILES string of the molecule is Clc1cc2c(c(Cl)n1)CC=C2. The maximum atomic E-state index is 5.84. The van der Waals surface area contributed by atoms with Gasteiger partial charge in [-0.05, 0) is 18.1 Å². The lowest BCUT2D eigenvalue weighted by Crippen LogP contribution is -1.87. The number of nitrogens with zero attached hydrogens (tertiary/aromatic N) is 1. The Hall–Kier alpha value is -0.530. The predicted octanol–water partition coefficient (Wildman–Crippen LogP) is 2.96. The van der Waals surface area contributed by atoms with Crippen LogP contribution in [0.4, 0.5) is 0 Å². The summed E-state index contributed by atoms with van der Waals surface area (Å²) >= 11 is 11.5. The smallest absolute Gasteiger partial charge is 0.134 e. The molecule has 0 fully saturated rings. The Balaban J connectivity index is 2.66. The standard InChI is InChI=1S/C8H5Cl2N/c9-7-4-5-2-1-3-6(5)8(10)11-7/h1-2,4H,3H2. The van der Waals surface area contributed by atoms with Crippen LogP contribution in [0.3, 0.4) is 0 Å². The van der Waals surface area contributed by atoms with Crippen LogP contribution in [0.2, 0.25) is 10.3 Å². The third kappa shape index (κ3) is 1.15. The summed E-state index contributed by atoms with van der Waals surface area (Å²) < 4.78 is 0. The van der Waals surface area contributed by atoms with Gasteiger partial charge in [-0.25, -0.2) is 4.98 Å². The van der Waals surface area contributed by atoms with Gasteiger partial charge in [0.25, 0.3) is 0 Å². The molecule has 0 saturated carbocycles. The highest BCUT2D eigenvalue weighted by Crippen LogP contribution is 2.27. The zero-order chi connectivity index (χ0) is 7.84. The Morgan fingerprint density at radius 1 is 1.36 bits per heavy atom. The fraction of sp³-hybridized carbons (Fsp3) is 0.125. The Kier molecular flexibility index (Phi) is 1.63. The minimum atomic E-state index is 0.459. The van der Waals surface area contributed by atoms with Gasteiger partial charge in [-0.3, -0.25) is 0 Å². The summed E-state index contributed by atoms with van der Waals surface area (Å²) in [5, 5.41) is 0.984. The molecule has 0 aromatic carbocycles. The summed E-state index contributed by atoms with van der Waals surface area (Å²) in [6.07, 6.45) is 4.93. The molecule has 1 aromatic heterocycles. The summed E-state index contributed by atoms with van der Waals surface area (Å²) in [5.41, 5.74) is 2.17. The number of hydrogen-bond donors (Lipinski definition) is 0. The van der Waals surface area contributed by atoms with Gasteiger partial charge in [0.05, 0.1) is 0 Å². The number of rotatable bonds is 0. The summed E-state index contributed by atoms with van der Waals surface area (Å²) in [7, 11) is 0. The molecule has 0 radical (unpaired) electrons. The van der Waals surface area contributed by atoms with Gasteiger partial charge in [0.2, 0.25) is 0 Å². The molecule has 1 aliphatic carbocycles. The first-order chi connectivity index (χ1) is 5.27. The van der Waals surface area contributed by atoms with E-state index < -0.39 is 0 Å². The number of allylic oxidation sites excluding steroid dienone is 1. The van der Waals surface area contributed by atoms with Gasteiger partial charge in [-0.1, -0.05) is 35.4 Å². The molecule has 0 spiro atoms. The van der Waals surface area contributed by atoms with Crippen LogP contribution < -0.4 is 0 Å². The molecule has 0 amide bonds. The summed E-state index contributed by atoms with van der Waals surface area (Å²) in [4.78, 5) is 3.94. The van der Waals surface area contributed by atoms with Crippen molar-refractivity contribution in [1.82, 2.24) is 4.98 Å². The van der Waals surface area contributed by atoms with Crippen LogP contribution in [0.5, 0.6) is 0 Å². The highest BCUT2D eigenvalue weighted by molar-refractivity contribution is 6.33. The molecule has 2 rings (SSSR count). The summed E-state index contributed by atoms with van der Waals surface area (Å²) in [6, 6.07) is 1.83. The van der Waals surface area contributed by atoms with E-state index in [4.69, 9.17) is 23.2 Å². The van der Waals surface area contributed by atoms with Crippen molar-refractivity contribution in [2.45, 2.75) is 6.42 Å². The van der Waals surface area contributed by atoms with Crippen molar-refractivity contribution in [3.63, 3.8) is 0 Å². The predicted molar refractivity (Wildman–Crippen MR) is 47.0 cm³/mol. The Morgan fingerprint density at radius 3 is 3.00 bits per heavy atom. The average Bonchev–Trinajstić information content (AvgIpc) is 2.34. The second kappa shape index (κ2) is 2.50. The molecular formula is C8H5Cl2N. The zero-order valence-electron chi connectivity index (χ0n) is 5.64. The van der Waals surface area contributed by atoms with Crippen molar-refractivity contribution in [2.24, 2.45) is 0 Å². The van der Waals surface area contributed by atoms with E-state index in [1.807, 2.05) is 12.1 Å². The van der Waals surface area contributed by atoms with Gasteiger partial charge in [-0.15, -0.1) is 0 Å². The van der Waals surface area contributed by atoms with Crippen LogP contribution in [0.1, 0.15) is 11.1 Å². The van der Waals surface area contributed by atoms with Crippen molar-refractivity contribution in [3.05, 3.63) is 33.6 Å². The Bertz CT molecular complexity index is 331. The first kappa shape index (κ1) is 7.14. The minimum Gasteiger partial charge on any atom is -0.224 e. The van der Waals surface area contributed by atoms with Gasteiger partial charge in [0, 0.05) is 5.56 Å². The van der Waals surface area contributed by atoms with E-state index >= 15 is 0 Å². The molecule has 1 aliphatic rings. The van der Waals surface area contributed by atoms with Crippen molar-refractivity contribution in [1.29, 1.82) is 0 Å². The number of pyridine rings is 1. The average molecular weight is 186 g/mol. The monoisotopic (exact) mass is 185 g/mol. The van der Waals surface area contributed by atoms with Crippen LogP contribution in [0.15, 0.2) is 12.1 Å². The van der Waals surface area contributed by atoms with Crippen LogP contribution in [0.25, 0.3) is 6.08 Å². The third-order valence-electron chi connectivity index (χ3n) is 1.70. The molecule has 56 valence electrons. The molecule has 0 unspecified atom stereocenters. The highest BCUT2D eigenvalue weighted by atomic mass is 35.5. The molecule has 3 heteroatoms. The first-order valence-electron chi connectivity index (χ1n) is 3.29. The second-order valence-electron chi connectivity index (χ2n) is 2.41. The molecular weight excluding hydrogens is 181 g/mol. The topological polar surface area (TPSA) is 12.9 Å². The van der Waals surface area contributed by atoms with E-state index in [0.717, 1.165) is 17.5 Å².